The highest BCUT2D eigenvalue weighted by Gasteiger charge is 2.32. The fraction of sp³-hybridized carbons (Fsp3) is 0.500. The quantitative estimate of drug-likeness (QED) is 0.826. The lowest BCUT2D eigenvalue weighted by molar-refractivity contribution is -0.141. The molecule has 0 aliphatic carbocycles. The molecule has 0 radical (unpaired) electrons. The molecule has 0 spiro atoms. The molecule has 2 rings (SSSR count). The number of nitrogens with zero attached hydrogens (tertiary/aromatic N) is 1. The normalized spacial score (nSPS) is 16.0. The molecule has 0 bridgehead atoms. The van der Waals surface area contributed by atoms with Crippen LogP contribution in [0.15, 0.2) is 18.2 Å². The summed E-state index contributed by atoms with van der Waals surface area (Å²) in [6.45, 7) is 4.43. The number of anilines is 1. The molecule has 1 saturated heterocycles. The topological polar surface area (TPSA) is 86.7 Å². The van der Waals surface area contributed by atoms with Crippen LogP contribution >= 0.6 is 0 Å². The standard InChI is InChI=1S/C18H23FN2O4/c1-11(2)9-15(21-8-4-3-5-16(21)22)17(23)20-14-7-6-12(18(24)25)10-13(14)19/h6-7,10-11,15H,3-5,8-9H2,1-2H3,(H,20,23)(H,24,25). The van der Waals surface area contributed by atoms with Crippen molar-refractivity contribution in [3.8, 4) is 0 Å². The summed E-state index contributed by atoms with van der Waals surface area (Å²) in [6.07, 6.45) is 2.56. The van der Waals surface area contributed by atoms with Crippen LogP contribution in [-0.2, 0) is 9.59 Å². The predicted octanol–water partition coefficient (Wildman–Crippen LogP) is 2.89. The van der Waals surface area contributed by atoms with Gasteiger partial charge in [-0.05, 0) is 43.4 Å². The average Bonchev–Trinajstić information content (AvgIpc) is 2.54. The van der Waals surface area contributed by atoms with Crippen molar-refractivity contribution in [3.63, 3.8) is 0 Å². The molecule has 1 fully saturated rings. The van der Waals surface area contributed by atoms with Crippen molar-refractivity contribution in [3.05, 3.63) is 29.6 Å². The molecule has 6 nitrogen and oxygen atoms in total. The number of piperidine rings is 1. The van der Waals surface area contributed by atoms with E-state index < -0.39 is 23.7 Å². The first-order valence-electron chi connectivity index (χ1n) is 8.42. The predicted molar refractivity (Wildman–Crippen MR) is 90.8 cm³/mol. The summed E-state index contributed by atoms with van der Waals surface area (Å²) in [5.74, 6) is -2.39. The molecule has 7 heteroatoms. The van der Waals surface area contributed by atoms with Gasteiger partial charge in [0.1, 0.15) is 11.9 Å². The van der Waals surface area contributed by atoms with E-state index in [9.17, 15) is 18.8 Å². The fourth-order valence-electron chi connectivity index (χ4n) is 2.94. The molecule has 2 N–H and O–H groups in total. The number of halogens is 1. The van der Waals surface area contributed by atoms with Gasteiger partial charge in [0.05, 0.1) is 11.3 Å². The molecule has 25 heavy (non-hydrogen) atoms. The minimum absolute atomic E-state index is 0.0613. The van der Waals surface area contributed by atoms with Gasteiger partial charge in [-0.15, -0.1) is 0 Å². The van der Waals surface area contributed by atoms with Crippen molar-refractivity contribution in [2.45, 2.75) is 45.6 Å². The van der Waals surface area contributed by atoms with Crippen LogP contribution in [0.4, 0.5) is 10.1 Å². The molecule has 1 unspecified atom stereocenters. The van der Waals surface area contributed by atoms with Crippen LogP contribution < -0.4 is 5.32 Å². The highest BCUT2D eigenvalue weighted by molar-refractivity contribution is 5.98. The second kappa shape index (κ2) is 8.09. The van der Waals surface area contributed by atoms with E-state index in [1.54, 1.807) is 4.90 Å². The number of nitrogens with one attached hydrogen (secondary N) is 1. The number of carbonyl (C=O) groups is 3. The van der Waals surface area contributed by atoms with Crippen molar-refractivity contribution in [1.82, 2.24) is 4.90 Å². The molecule has 1 aromatic carbocycles. The number of likely N-dealkylation sites (tertiary alicyclic amines) is 1. The zero-order chi connectivity index (χ0) is 18.6. The van der Waals surface area contributed by atoms with Crippen molar-refractivity contribution in [2.24, 2.45) is 5.92 Å². The Kier molecular flexibility index (Phi) is 6.12. The number of carbonyl (C=O) groups excluding carboxylic acids is 2. The Morgan fingerprint density at radius 3 is 2.60 bits per heavy atom. The number of hydrogen-bond acceptors (Lipinski definition) is 3. The maximum atomic E-state index is 14.1. The summed E-state index contributed by atoms with van der Waals surface area (Å²) >= 11 is 0. The summed E-state index contributed by atoms with van der Waals surface area (Å²) in [4.78, 5) is 37.3. The second-order valence-electron chi connectivity index (χ2n) is 6.68. The third-order valence-electron chi connectivity index (χ3n) is 4.21. The lowest BCUT2D eigenvalue weighted by Crippen LogP contribution is -2.50. The Hall–Kier alpha value is -2.44. The first-order chi connectivity index (χ1) is 11.8. The Bertz CT molecular complexity index is 675. The Morgan fingerprint density at radius 2 is 2.04 bits per heavy atom. The van der Waals surface area contributed by atoms with Gasteiger partial charge in [0, 0.05) is 13.0 Å². The van der Waals surface area contributed by atoms with Crippen LogP contribution in [-0.4, -0.2) is 40.4 Å². The van der Waals surface area contributed by atoms with Crippen molar-refractivity contribution < 1.29 is 23.9 Å². The van der Waals surface area contributed by atoms with Crippen molar-refractivity contribution in [1.29, 1.82) is 0 Å². The van der Waals surface area contributed by atoms with Crippen LogP contribution in [0.25, 0.3) is 0 Å². The van der Waals surface area contributed by atoms with E-state index in [2.05, 4.69) is 5.32 Å². The van der Waals surface area contributed by atoms with E-state index in [4.69, 9.17) is 5.11 Å². The van der Waals surface area contributed by atoms with Gasteiger partial charge in [-0.2, -0.15) is 0 Å². The summed E-state index contributed by atoms with van der Waals surface area (Å²) < 4.78 is 14.1. The zero-order valence-corrected chi connectivity index (χ0v) is 14.4. The van der Waals surface area contributed by atoms with Gasteiger partial charge >= 0.3 is 5.97 Å². The fourth-order valence-corrected chi connectivity index (χ4v) is 2.94. The monoisotopic (exact) mass is 350 g/mol. The number of hydrogen-bond donors (Lipinski definition) is 2. The van der Waals surface area contributed by atoms with Gasteiger partial charge < -0.3 is 15.3 Å². The number of carboxylic acid groups (broad SMARTS) is 1. The molecule has 0 saturated carbocycles. The minimum Gasteiger partial charge on any atom is -0.478 e. The van der Waals surface area contributed by atoms with Crippen LogP contribution in [0.5, 0.6) is 0 Å². The van der Waals surface area contributed by atoms with E-state index in [0.29, 0.717) is 19.4 Å². The molecular formula is C18H23FN2O4. The van der Waals surface area contributed by atoms with Crippen molar-refractivity contribution >= 4 is 23.5 Å². The lowest BCUT2D eigenvalue weighted by Gasteiger charge is -2.34. The first-order valence-corrected chi connectivity index (χ1v) is 8.42. The summed E-state index contributed by atoms with van der Waals surface area (Å²) in [7, 11) is 0. The van der Waals surface area contributed by atoms with Crippen molar-refractivity contribution in [2.75, 3.05) is 11.9 Å². The van der Waals surface area contributed by atoms with Gasteiger partial charge in [0.15, 0.2) is 0 Å². The summed E-state index contributed by atoms with van der Waals surface area (Å²) in [5.41, 5.74) is -0.284. The lowest BCUT2D eigenvalue weighted by atomic mass is 9.98. The van der Waals surface area contributed by atoms with Gasteiger partial charge in [0.25, 0.3) is 0 Å². The van der Waals surface area contributed by atoms with Crippen LogP contribution in [0, 0.1) is 11.7 Å². The van der Waals surface area contributed by atoms with Gasteiger partial charge in [-0.1, -0.05) is 13.8 Å². The molecule has 136 valence electrons. The molecule has 1 aromatic rings. The molecule has 0 aromatic heterocycles. The molecule has 1 aliphatic heterocycles. The molecule has 1 atom stereocenters. The molecule has 1 aliphatic rings. The number of rotatable bonds is 6. The number of amides is 2. The van der Waals surface area contributed by atoms with E-state index in [1.165, 1.54) is 12.1 Å². The molecule has 2 amide bonds. The maximum absolute atomic E-state index is 14.1. The zero-order valence-electron chi connectivity index (χ0n) is 14.4. The van der Waals surface area contributed by atoms with E-state index in [0.717, 1.165) is 18.9 Å². The second-order valence-corrected chi connectivity index (χ2v) is 6.68. The van der Waals surface area contributed by atoms with Gasteiger partial charge in [-0.25, -0.2) is 9.18 Å². The number of carboxylic acids is 1. The van der Waals surface area contributed by atoms with E-state index >= 15 is 0 Å². The Labute approximate surface area is 146 Å². The Morgan fingerprint density at radius 1 is 1.32 bits per heavy atom. The average molecular weight is 350 g/mol. The highest BCUT2D eigenvalue weighted by Crippen LogP contribution is 2.22. The van der Waals surface area contributed by atoms with Crippen LogP contribution in [0.3, 0.4) is 0 Å². The highest BCUT2D eigenvalue weighted by atomic mass is 19.1. The first kappa shape index (κ1) is 18.9. The molecule has 1 heterocycles. The minimum atomic E-state index is -1.24. The van der Waals surface area contributed by atoms with Crippen LogP contribution in [0.1, 0.15) is 49.9 Å². The Balaban J connectivity index is 2.19. The van der Waals surface area contributed by atoms with Crippen LogP contribution in [0.2, 0.25) is 0 Å². The van der Waals surface area contributed by atoms with Gasteiger partial charge in [-0.3, -0.25) is 9.59 Å². The van der Waals surface area contributed by atoms with E-state index in [1.807, 2.05) is 13.8 Å². The third kappa shape index (κ3) is 4.78. The largest absolute Gasteiger partial charge is 0.478 e. The number of aromatic carboxylic acids is 1. The maximum Gasteiger partial charge on any atom is 0.335 e. The summed E-state index contributed by atoms with van der Waals surface area (Å²) in [6, 6.07) is 2.65. The smallest absolute Gasteiger partial charge is 0.335 e. The summed E-state index contributed by atoms with van der Waals surface area (Å²) in [5, 5.41) is 11.4. The van der Waals surface area contributed by atoms with E-state index in [-0.39, 0.29) is 23.1 Å². The SMILES string of the molecule is CC(C)CC(C(=O)Nc1ccc(C(=O)O)cc1F)N1CCCCC1=O. The molecular weight excluding hydrogens is 327 g/mol. The number of benzene rings is 1. The van der Waals surface area contributed by atoms with Gasteiger partial charge in [0.2, 0.25) is 11.8 Å². The third-order valence-corrected chi connectivity index (χ3v) is 4.21.